The predicted octanol–water partition coefficient (Wildman–Crippen LogP) is 1.14. The molecule has 0 aliphatic heterocycles. The van der Waals surface area contributed by atoms with Crippen LogP contribution in [-0.2, 0) is 6.18 Å². The van der Waals surface area contributed by atoms with Crippen LogP contribution >= 0.6 is 0 Å². The van der Waals surface area contributed by atoms with Gasteiger partial charge in [-0.15, -0.1) is 0 Å². The highest BCUT2D eigenvalue weighted by Gasteiger charge is 2.33. The average Bonchev–Trinajstić information content (AvgIpc) is 2.47. The number of hydrogen-bond donors (Lipinski definition) is 0. The Hall–Kier alpha value is -1.66. The van der Waals surface area contributed by atoms with E-state index in [0.29, 0.717) is 6.20 Å². The van der Waals surface area contributed by atoms with Gasteiger partial charge in [-0.2, -0.15) is 18.3 Å². The van der Waals surface area contributed by atoms with Crippen molar-refractivity contribution in [2.75, 3.05) is 0 Å². The molecular formula is C6H3F3N4. The van der Waals surface area contributed by atoms with E-state index in [1.807, 2.05) is 0 Å². The van der Waals surface area contributed by atoms with Gasteiger partial charge in [0.25, 0.3) is 5.78 Å². The number of aromatic nitrogens is 4. The maximum Gasteiger partial charge on any atom is 0.435 e. The summed E-state index contributed by atoms with van der Waals surface area (Å²) >= 11 is 0. The van der Waals surface area contributed by atoms with Gasteiger partial charge in [0.1, 0.15) is 0 Å². The van der Waals surface area contributed by atoms with E-state index >= 15 is 0 Å². The third-order valence-corrected chi connectivity index (χ3v) is 1.42. The van der Waals surface area contributed by atoms with E-state index in [1.165, 1.54) is 12.4 Å². The molecule has 2 aromatic heterocycles. The first-order chi connectivity index (χ1) is 6.07. The molecule has 2 heterocycles. The molecular weight excluding hydrogens is 185 g/mol. The van der Waals surface area contributed by atoms with Gasteiger partial charge in [-0.3, -0.25) is 0 Å². The van der Waals surface area contributed by atoms with Gasteiger partial charge in [0.15, 0.2) is 5.69 Å². The summed E-state index contributed by atoms with van der Waals surface area (Å²) in [5, 5.41) is 3.48. The highest BCUT2D eigenvalue weighted by Crippen LogP contribution is 2.26. The molecule has 0 aromatic carbocycles. The number of imidazole rings is 1. The van der Waals surface area contributed by atoms with Gasteiger partial charge in [0, 0.05) is 6.20 Å². The second-order valence-corrected chi connectivity index (χ2v) is 2.31. The van der Waals surface area contributed by atoms with Crippen LogP contribution < -0.4 is 0 Å². The summed E-state index contributed by atoms with van der Waals surface area (Å²) in [5.41, 5.74) is -1.04. The van der Waals surface area contributed by atoms with Crippen molar-refractivity contribution in [1.29, 1.82) is 0 Å². The summed E-state index contributed by atoms with van der Waals surface area (Å²) < 4.78 is 37.4. The van der Waals surface area contributed by atoms with Crippen LogP contribution in [0.15, 0.2) is 18.6 Å². The van der Waals surface area contributed by atoms with Crippen LogP contribution in [0, 0.1) is 0 Å². The Morgan fingerprint density at radius 2 is 2.08 bits per heavy atom. The van der Waals surface area contributed by atoms with E-state index in [4.69, 9.17) is 0 Å². The molecule has 0 radical (unpaired) electrons. The van der Waals surface area contributed by atoms with Crippen molar-refractivity contribution in [2.24, 2.45) is 0 Å². The average molecular weight is 188 g/mol. The Kier molecular flexibility index (Phi) is 1.48. The molecule has 0 saturated heterocycles. The molecule has 68 valence electrons. The topological polar surface area (TPSA) is 43.1 Å². The number of rotatable bonds is 0. The Bertz CT molecular complexity index is 433. The van der Waals surface area contributed by atoms with Crippen LogP contribution in [0.25, 0.3) is 5.78 Å². The van der Waals surface area contributed by atoms with Gasteiger partial charge in [0.2, 0.25) is 0 Å². The standard InChI is InChI=1S/C6H3F3N4/c7-6(8,9)4-3-11-13-2-1-10-5(13)12-4/h1-3H. The molecule has 7 heteroatoms. The van der Waals surface area contributed by atoms with Gasteiger partial charge in [-0.05, 0) is 0 Å². The van der Waals surface area contributed by atoms with E-state index in [-0.39, 0.29) is 5.78 Å². The summed E-state index contributed by atoms with van der Waals surface area (Å²) in [7, 11) is 0. The van der Waals surface area contributed by atoms with Crippen LogP contribution in [0.1, 0.15) is 5.69 Å². The van der Waals surface area contributed by atoms with Gasteiger partial charge in [-0.1, -0.05) is 0 Å². The van der Waals surface area contributed by atoms with Crippen molar-refractivity contribution in [3.05, 3.63) is 24.3 Å². The minimum Gasteiger partial charge on any atom is -0.218 e. The highest BCUT2D eigenvalue weighted by atomic mass is 19.4. The van der Waals surface area contributed by atoms with E-state index in [2.05, 4.69) is 15.1 Å². The monoisotopic (exact) mass is 188 g/mol. The predicted molar refractivity (Wildman–Crippen MR) is 35.8 cm³/mol. The third-order valence-electron chi connectivity index (χ3n) is 1.42. The Labute approximate surface area is 70.0 Å². The summed E-state index contributed by atoms with van der Waals surface area (Å²) in [5.74, 6) is -0.0603. The van der Waals surface area contributed by atoms with Crippen LogP contribution in [-0.4, -0.2) is 19.6 Å². The summed E-state index contributed by atoms with van der Waals surface area (Å²) in [6.07, 6.45) is -1.06. The molecule has 0 atom stereocenters. The Balaban J connectivity index is 2.61. The maximum absolute atomic E-state index is 12.1. The number of halogens is 3. The lowest BCUT2D eigenvalue weighted by Crippen LogP contribution is -2.10. The summed E-state index contributed by atoms with van der Waals surface area (Å²) in [4.78, 5) is 6.85. The van der Waals surface area contributed by atoms with Gasteiger partial charge in [0.05, 0.1) is 12.4 Å². The summed E-state index contributed by atoms with van der Waals surface area (Å²) in [6.45, 7) is 0. The van der Waals surface area contributed by atoms with Gasteiger partial charge < -0.3 is 0 Å². The van der Waals surface area contributed by atoms with E-state index in [9.17, 15) is 13.2 Å². The zero-order valence-electron chi connectivity index (χ0n) is 6.15. The fourth-order valence-electron chi connectivity index (χ4n) is 0.849. The molecule has 0 aliphatic rings. The van der Waals surface area contributed by atoms with Gasteiger partial charge >= 0.3 is 6.18 Å². The highest BCUT2D eigenvalue weighted by molar-refractivity contribution is 5.26. The second kappa shape index (κ2) is 2.41. The molecule has 0 bridgehead atoms. The van der Waals surface area contributed by atoms with Crippen LogP contribution in [0.4, 0.5) is 13.2 Å². The first-order valence-electron chi connectivity index (χ1n) is 3.31. The van der Waals surface area contributed by atoms with E-state index < -0.39 is 11.9 Å². The first-order valence-corrected chi connectivity index (χ1v) is 3.31. The molecule has 0 unspecified atom stereocenters. The largest absolute Gasteiger partial charge is 0.435 e. The molecule has 13 heavy (non-hydrogen) atoms. The molecule has 0 fully saturated rings. The van der Waals surface area contributed by atoms with Crippen molar-refractivity contribution in [2.45, 2.75) is 6.18 Å². The zero-order valence-corrected chi connectivity index (χ0v) is 6.15. The lowest BCUT2D eigenvalue weighted by Gasteiger charge is -2.03. The fourth-order valence-corrected chi connectivity index (χ4v) is 0.849. The molecule has 0 N–H and O–H groups in total. The number of hydrogen-bond acceptors (Lipinski definition) is 3. The van der Waals surface area contributed by atoms with E-state index in [1.54, 1.807) is 0 Å². The van der Waals surface area contributed by atoms with Crippen molar-refractivity contribution in [3.8, 4) is 0 Å². The van der Waals surface area contributed by atoms with Gasteiger partial charge in [-0.25, -0.2) is 14.5 Å². The normalized spacial score (nSPS) is 12.2. The van der Waals surface area contributed by atoms with Crippen LogP contribution in [0.5, 0.6) is 0 Å². The smallest absolute Gasteiger partial charge is 0.218 e. The maximum atomic E-state index is 12.1. The molecule has 0 saturated carbocycles. The Morgan fingerprint density at radius 1 is 1.31 bits per heavy atom. The number of fused-ring (bicyclic) bond motifs is 1. The fraction of sp³-hybridized carbons (Fsp3) is 0.167. The first kappa shape index (κ1) is 7.96. The quantitative estimate of drug-likeness (QED) is 0.622. The van der Waals surface area contributed by atoms with Crippen molar-refractivity contribution in [3.63, 3.8) is 0 Å². The molecule has 0 spiro atoms. The lowest BCUT2D eigenvalue weighted by molar-refractivity contribution is -0.141. The third kappa shape index (κ3) is 1.32. The molecule has 2 aromatic rings. The molecule has 0 amide bonds. The van der Waals surface area contributed by atoms with Crippen LogP contribution in [0.3, 0.4) is 0 Å². The van der Waals surface area contributed by atoms with Crippen molar-refractivity contribution < 1.29 is 13.2 Å². The van der Waals surface area contributed by atoms with Crippen molar-refractivity contribution >= 4 is 5.78 Å². The number of alkyl halides is 3. The molecule has 0 aliphatic carbocycles. The minimum absolute atomic E-state index is 0.0603. The Morgan fingerprint density at radius 3 is 2.77 bits per heavy atom. The summed E-state index contributed by atoms with van der Waals surface area (Å²) in [6, 6.07) is 0. The van der Waals surface area contributed by atoms with E-state index in [0.717, 1.165) is 4.52 Å². The SMILES string of the molecule is FC(F)(F)c1cnn2ccnc2n1. The van der Waals surface area contributed by atoms with Crippen molar-refractivity contribution in [1.82, 2.24) is 19.6 Å². The molecule has 2 rings (SSSR count). The second-order valence-electron chi connectivity index (χ2n) is 2.31. The minimum atomic E-state index is -4.47. The van der Waals surface area contributed by atoms with Crippen LogP contribution in [0.2, 0.25) is 0 Å². The lowest BCUT2D eigenvalue weighted by atomic mass is 10.5. The number of nitrogens with zero attached hydrogens (tertiary/aromatic N) is 4. The zero-order chi connectivity index (χ0) is 9.47. The molecule has 4 nitrogen and oxygen atoms in total.